The molecule has 0 atom stereocenters. The third-order valence-corrected chi connectivity index (χ3v) is 2.70. The molecule has 1 aromatic carbocycles. The number of hydrogen-bond donors (Lipinski definition) is 0. The largest absolute Gasteiger partial charge is 0.298 e. The van der Waals surface area contributed by atoms with Crippen molar-refractivity contribution in [3.05, 3.63) is 35.1 Å². The molecule has 0 aliphatic carbocycles. The van der Waals surface area contributed by atoms with Gasteiger partial charge >= 0.3 is 0 Å². The SMILES string of the molecule is CC(=O)SCCC#Cc1cc(C=O)ccc1F. The summed E-state index contributed by atoms with van der Waals surface area (Å²) < 4.78 is 13.3. The van der Waals surface area contributed by atoms with Crippen molar-refractivity contribution in [3.8, 4) is 11.8 Å². The maximum atomic E-state index is 13.3. The van der Waals surface area contributed by atoms with Gasteiger partial charge in [-0.3, -0.25) is 9.59 Å². The molecule has 4 heteroatoms. The highest BCUT2D eigenvalue weighted by molar-refractivity contribution is 8.13. The van der Waals surface area contributed by atoms with Gasteiger partial charge in [-0.15, -0.1) is 0 Å². The molecule has 0 unspecified atom stereocenters. The Morgan fingerprint density at radius 3 is 2.94 bits per heavy atom. The number of halogens is 1. The molecule has 0 aromatic heterocycles. The molecule has 0 aliphatic rings. The van der Waals surface area contributed by atoms with Crippen molar-refractivity contribution in [3.63, 3.8) is 0 Å². The Balaban J connectivity index is 2.64. The Morgan fingerprint density at radius 2 is 2.29 bits per heavy atom. The van der Waals surface area contributed by atoms with Crippen LogP contribution in [0.5, 0.6) is 0 Å². The molecule has 0 heterocycles. The van der Waals surface area contributed by atoms with E-state index in [9.17, 15) is 14.0 Å². The summed E-state index contributed by atoms with van der Waals surface area (Å²) >= 11 is 1.19. The first-order valence-electron chi connectivity index (χ1n) is 5.00. The molecule has 1 aromatic rings. The lowest BCUT2D eigenvalue weighted by atomic mass is 10.1. The Labute approximate surface area is 104 Å². The van der Waals surface area contributed by atoms with Crippen LogP contribution in [0.15, 0.2) is 18.2 Å². The van der Waals surface area contributed by atoms with Gasteiger partial charge in [0.25, 0.3) is 0 Å². The standard InChI is InChI=1S/C13H11FO2S/c1-10(16)17-7-3-2-4-12-8-11(9-15)5-6-13(12)14/h5-6,8-9H,3,7H2,1H3. The van der Waals surface area contributed by atoms with Crippen molar-refractivity contribution >= 4 is 23.2 Å². The van der Waals surface area contributed by atoms with E-state index < -0.39 is 5.82 Å². The van der Waals surface area contributed by atoms with Gasteiger partial charge in [0.1, 0.15) is 12.1 Å². The van der Waals surface area contributed by atoms with E-state index in [1.165, 1.54) is 36.9 Å². The van der Waals surface area contributed by atoms with E-state index in [0.717, 1.165) is 0 Å². The van der Waals surface area contributed by atoms with Crippen molar-refractivity contribution < 1.29 is 14.0 Å². The quantitative estimate of drug-likeness (QED) is 0.470. The maximum absolute atomic E-state index is 13.3. The molecule has 88 valence electrons. The molecular formula is C13H11FO2S. The minimum atomic E-state index is -0.442. The zero-order valence-electron chi connectivity index (χ0n) is 9.33. The topological polar surface area (TPSA) is 34.1 Å². The lowest BCUT2D eigenvalue weighted by Gasteiger charge is -1.95. The van der Waals surface area contributed by atoms with E-state index in [1.54, 1.807) is 0 Å². The first kappa shape index (κ1) is 13.5. The van der Waals surface area contributed by atoms with Crippen molar-refractivity contribution in [1.82, 2.24) is 0 Å². The molecule has 0 radical (unpaired) electrons. The van der Waals surface area contributed by atoms with Gasteiger partial charge < -0.3 is 0 Å². The minimum Gasteiger partial charge on any atom is -0.298 e. The van der Waals surface area contributed by atoms with Gasteiger partial charge in [-0.05, 0) is 18.2 Å². The molecule has 0 fully saturated rings. The first-order valence-corrected chi connectivity index (χ1v) is 5.99. The normalized spacial score (nSPS) is 9.29. The van der Waals surface area contributed by atoms with E-state index >= 15 is 0 Å². The summed E-state index contributed by atoms with van der Waals surface area (Å²) in [5.41, 5.74) is 0.608. The van der Waals surface area contributed by atoms with Crippen LogP contribution in [0.1, 0.15) is 29.3 Å². The number of hydrogen-bond acceptors (Lipinski definition) is 3. The van der Waals surface area contributed by atoms with Crippen molar-refractivity contribution in [2.75, 3.05) is 5.75 Å². The summed E-state index contributed by atoms with van der Waals surface area (Å²) in [4.78, 5) is 21.1. The lowest BCUT2D eigenvalue weighted by Crippen LogP contribution is -1.88. The molecule has 0 spiro atoms. The average Bonchev–Trinajstić information content (AvgIpc) is 2.30. The van der Waals surface area contributed by atoms with Crippen LogP contribution < -0.4 is 0 Å². The number of thioether (sulfide) groups is 1. The fourth-order valence-electron chi connectivity index (χ4n) is 1.12. The van der Waals surface area contributed by atoms with E-state index in [2.05, 4.69) is 11.8 Å². The molecule has 1 rings (SSSR count). The van der Waals surface area contributed by atoms with Crippen LogP contribution in [0.3, 0.4) is 0 Å². The fourth-order valence-corrected chi connectivity index (χ4v) is 1.61. The summed E-state index contributed by atoms with van der Waals surface area (Å²) in [5.74, 6) is 5.58. The van der Waals surface area contributed by atoms with E-state index in [0.29, 0.717) is 24.0 Å². The summed E-state index contributed by atoms with van der Waals surface area (Å²) in [6, 6.07) is 4.03. The molecule has 0 amide bonds. The number of carbonyl (C=O) groups is 2. The van der Waals surface area contributed by atoms with Crippen molar-refractivity contribution in [1.29, 1.82) is 0 Å². The fraction of sp³-hybridized carbons (Fsp3) is 0.231. The third-order valence-electron chi connectivity index (χ3n) is 1.88. The third kappa shape index (κ3) is 4.83. The highest BCUT2D eigenvalue weighted by Gasteiger charge is 1.99. The van der Waals surface area contributed by atoms with Crippen LogP contribution in [0, 0.1) is 17.7 Å². The summed E-state index contributed by atoms with van der Waals surface area (Å²) in [6.07, 6.45) is 1.16. The van der Waals surface area contributed by atoms with Gasteiger partial charge in [0.2, 0.25) is 0 Å². The Hall–Kier alpha value is -1.60. The van der Waals surface area contributed by atoms with Gasteiger partial charge in [-0.1, -0.05) is 23.6 Å². The molecule has 0 saturated carbocycles. The summed E-state index contributed by atoms with van der Waals surface area (Å²) in [6.45, 7) is 1.49. The second-order valence-electron chi connectivity index (χ2n) is 3.25. The van der Waals surface area contributed by atoms with Crippen LogP contribution >= 0.6 is 11.8 Å². The summed E-state index contributed by atoms with van der Waals surface area (Å²) in [7, 11) is 0. The number of rotatable bonds is 3. The molecule has 0 bridgehead atoms. The van der Waals surface area contributed by atoms with E-state index in [-0.39, 0.29) is 10.7 Å². The number of carbonyl (C=O) groups excluding carboxylic acids is 2. The predicted octanol–water partition coefficient (Wildman–Crippen LogP) is 2.66. The molecule has 0 saturated heterocycles. The summed E-state index contributed by atoms with van der Waals surface area (Å²) in [5, 5.41) is 0.0425. The van der Waals surface area contributed by atoms with Crippen LogP contribution in [-0.4, -0.2) is 17.2 Å². The van der Waals surface area contributed by atoms with Crippen molar-refractivity contribution in [2.45, 2.75) is 13.3 Å². The number of aldehydes is 1. The van der Waals surface area contributed by atoms with Gasteiger partial charge in [0.15, 0.2) is 5.12 Å². The Bertz CT molecular complexity index is 486. The second-order valence-corrected chi connectivity index (χ2v) is 4.52. The second kappa shape index (κ2) is 6.87. The van der Waals surface area contributed by atoms with Gasteiger partial charge in [-0.2, -0.15) is 0 Å². The molecule has 2 nitrogen and oxygen atoms in total. The van der Waals surface area contributed by atoms with Crippen LogP contribution in [0.25, 0.3) is 0 Å². The average molecular weight is 250 g/mol. The monoisotopic (exact) mass is 250 g/mol. The maximum Gasteiger partial charge on any atom is 0.185 e. The predicted molar refractivity (Wildman–Crippen MR) is 66.4 cm³/mol. The molecule has 17 heavy (non-hydrogen) atoms. The van der Waals surface area contributed by atoms with Gasteiger partial charge in [-0.25, -0.2) is 4.39 Å². The highest BCUT2D eigenvalue weighted by atomic mass is 32.2. The number of benzene rings is 1. The van der Waals surface area contributed by atoms with E-state index in [4.69, 9.17) is 0 Å². The van der Waals surface area contributed by atoms with E-state index in [1.807, 2.05) is 0 Å². The highest BCUT2D eigenvalue weighted by Crippen LogP contribution is 2.08. The molecule has 0 aliphatic heterocycles. The molecule has 0 N–H and O–H groups in total. The smallest absolute Gasteiger partial charge is 0.185 e. The molecular weight excluding hydrogens is 239 g/mol. The minimum absolute atomic E-state index is 0.0425. The van der Waals surface area contributed by atoms with Gasteiger partial charge in [0, 0.05) is 24.7 Å². The first-order chi connectivity index (χ1) is 8.13. The zero-order chi connectivity index (χ0) is 12.7. The van der Waals surface area contributed by atoms with Gasteiger partial charge in [0.05, 0.1) is 5.56 Å². The van der Waals surface area contributed by atoms with Crippen molar-refractivity contribution in [2.24, 2.45) is 0 Å². The Kier molecular flexibility index (Phi) is 5.44. The van der Waals surface area contributed by atoms with Crippen LogP contribution in [0.4, 0.5) is 4.39 Å². The Morgan fingerprint density at radius 1 is 1.53 bits per heavy atom. The zero-order valence-corrected chi connectivity index (χ0v) is 10.1. The van der Waals surface area contributed by atoms with Crippen LogP contribution in [-0.2, 0) is 4.79 Å². The lowest BCUT2D eigenvalue weighted by molar-refractivity contribution is -0.109. The van der Waals surface area contributed by atoms with Crippen LogP contribution in [0.2, 0.25) is 0 Å².